The number of hydrogen-bond donors (Lipinski definition) is 2. The van der Waals surface area contributed by atoms with Gasteiger partial charge in [0.25, 0.3) is 11.6 Å². The van der Waals surface area contributed by atoms with Crippen molar-refractivity contribution < 1.29 is 24.0 Å². The van der Waals surface area contributed by atoms with E-state index in [9.17, 15) is 24.5 Å². The van der Waals surface area contributed by atoms with Gasteiger partial charge in [-0.05, 0) is 31.2 Å². The molecule has 0 spiro atoms. The number of anilines is 1. The molecule has 2 N–H and O–H groups in total. The zero-order valence-electron chi connectivity index (χ0n) is 14.0. The number of benzene rings is 2. The van der Waals surface area contributed by atoms with Crippen molar-refractivity contribution in [1.29, 1.82) is 0 Å². The van der Waals surface area contributed by atoms with Gasteiger partial charge in [0, 0.05) is 16.8 Å². The van der Waals surface area contributed by atoms with Gasteiger partial charge in [-0.15, -0.1) is 0 Å². The highest BCUT2D eigenvalue weighted by Crippen LogP contribution is 2.24. The van der Waals surface area contributed by atoms with E-state index in [0.29, 0.717) is 5.69 Å². The number of carbonyl (C=O) groups is 3. The highest BCUT2D eigenvalue weighted by molar-refractivity contribution is 6.31. The van der Waals surface area contributed by atoms with Crippen LogP contribution in [0.2, 0.25) is 5.02 Å². The van der Waals surface area contributed by atoms with E-state index >= 15 is 0 Å². The zero-order chi connectivity index (χ0) is 20.0. The molecule has 0 aliphatic heterocycles. The molecule has 0 saturated heterocycles. The third-order valence-electron chi connectivity index (χ3n) is 3.30. The molecule has 0 heterocycles. The number of ether oxygens (including phenoxy) is 1. The molecule has 0 saturated carbocycles. The number of rotatable bonds is 5. The summed E-state index contributed by atoms with van der Waals surface area (Å²) in [4.78, 5) is 46.1. The topological polar surface area (TPSA) is 128 Å². The van der Waals surface area contributed by atoms with Crippen molar-refractivity contribution in [2.24, 2.45) is 0 Å². The Bertz CT molecular complexity index is 887. The van der Waals surface area contributed by atoms with Crippen LogP contribution in [0.15, 0.2) is 48.5 Å². The van der Waals surface area contributed by atoms with Crippen molar-refractivity contribution in [2.75, 3.05) is 5.32 Å². The van der Waals surface area contributed by atoms with E-state index in [1.165, 1.54) is 13.0 Å². The third kappa shape index (κ3) is 5.51. The summed E-state index contributed by atoms with van der Waals surface area (Å²) in [6, 6.07) is 11.0. The molecule has 0 aliphatic rings. The fraction of sp³-hybridized carbons (Fsp3) is 0.118. The second-order valence-corrected chi connectivity index (χ2v) is 5.71. The number of esters is 1. The minimum atomic E-state index is -1.37. The Morgan fingerprint density at radius 1 is 1.15 bits per heavy atom. The molecule has 140 valence electrons. The zero-order valence-corrected chi connectivity index (χ0v) is 14.7. The van der Waals surface area contributed by atoms with E-state index < -0.39 is 34.6 Å². The van der Waals surface area contributed by atoms with Gasteiger partial charge in [0.15, 0.2) is 6.10 Å². The van der Waals surface area contributed by atoms with Crippen molar-refractivity contribution in [3.8, 4) is 0 Å². The van der Waals surface area contributed by atoms with Crippen LogP contribution < -0.4 is 10.6 Å². The summed E-state index contributed by atoms with van der Waals surface area (Å²) in [6.07, 6.45) is -1.37. The first-order valence-corrected chi connectivity index (χ1v) is 7.97. The normalized spacial score (nSPS) is 11.2. The monoisotopic (exact) mass is 391 g/mol. The third-order valence-corrected chi connectivity index (χ3v) is 3.53. The number of urea groups is 1. The van der Waals surface area contributed by atoms with Crippen LogP contribution in [0.1, 0.15) is 17.3 Å². The van der Waals surface area contributed by atoms with Crippen LogP contribution in [-0.4, -0.2) is 28.9 Å². The lowest BCUT2D eigenvalue weighted by Gasteiger charge is -2.13. The Balaban J connectivity index is 1.99. The van der Waals surface area contributed by atoms with Crippen molar-refractivity contribution >= 4 is 40.9 Å². The van der Waals surface area contributed by atoms with Crippen LogP contribution in [0.4, 0.5) is 16.2 Å². The first-order valence-electron chi connectivity index (χ1n) is 7.59. The maximum absolute atomic E-state index is 12.1. The average molecular weight is 392 g/mol. The molecule has 2 aromatic rings. The molecule has 1 atom stereocenters. The lowest BCUT2D eigenvalue weighted by atomic mass is 10.2. The lowest BCUT2D eigenvalue weighted by Crippen LogP contribution is -2.41. The summed E-state index contributed by atoms with van der Waals surface area (Å²) in [5.41, 5.74) is -0.455. The van der Waals surface area contributed by atoms with Crippen LogP contribution >= 0.6 is 11.6 Å². The molecule has 3 amide bonds. The maximum atomic E-state index is 12.1. The smallest absolute Gasteiger partial charge is 0.345 e. The van der Waals surface area contributed by atoms with Crippen LogP contribution in [0.3, 0.4) is 0 Å². The van der Waals surface area contributed by atoms with Crippen LogP contribution in [0.5, 0.6) is 0 Å². The van der Waals surface area contributed by atoms with Gasteiger partial charge in [-0.2, -0.15) is 0 Å². The molecule has 0 unspecified atom stereocenters. The predicted octanol–water partition coefficient (Wildman–Crippen LogP) is 3.14. The molecule has 0 bridgehead atoms. The second-order valence-electron chi connectivity index (χ2n) is 5.28. The van der Waals surface area contributed by atoms with Gasteiger partial charge in [-0.1, -0.05) is 29.8 Å². The molecule has 2 rings (SSSR count). The summed E-state index contributed by atoms with van der Waals surface area (Å²) in [6.45, 7) is 1.23. The highest BCUT2D eigenvalue weighted by Gasteiger charge is 2.26. The van der Waals surface area contributed by atoms with Crippen molar-refractivity contribution in [2.45, 2.75) is 13.0 Å². The Morgan fingerprint density at radius 2 is 1.81 bits per heavy atom. The van der Waals surface area contributed by atoms with E-state index in [0.717, 1.165) is 12.1 Å². The van der Waals surface area contributed by atoms with Crippen molar-refractivity contribution in [3.05, 3.63) is 69.2 Å². The quantitative estimate of drug-likeness (QED) is 0.457. The minimum Gasteiger partial charge on any atom is -0.449 e. The van der Waals surface area contributed by atoms with E-state index in [2.05, 4.69) is 5.32 Å². The molecule has 2 aromatic carbocycles. The number of nitro groups is 1. The number of para-hydroxylation sites is 1. The number of amides is 3. The van der Waals surface area contributed by atoms with Gasteiger partial charge in [0.2, 0.25) is 0 Å². The van der Waals surface area contributed by atoms with Crippen LogP contribution in [0, 0.1) is 10.1 Å². The SMILES string of the molecule is C[C@H](OC(=O)c1ccc(Cl)cc1[N+](=O)[O-])C(=O)NC(=O)Nc1ccccc1. The minimum absolute atomic E-state index is 0.0709. The molecule has 27 heavy (non-hydrogen) atoms. The highest BCUT2D eigenvalue weighted by atomic mass is 35.5. The summed E-state index contributed by atoms with van der Waals surface area (Å²) >= 11 is 5.68. The van der Waals surface area contributed by atoms with E-state index in [1.807, 2.05) is 5.32 Å². The number of hydrogen-bond acceptors (Lipinski definition) is 6. The van der Waals surface area contributed by atoms with E-state index in [1.54, 1.807) is 30.3 Å². The number of nitrogens with one attached hydrogen (secondary N) is 2. The lowest BCUT2D eigenvalue weighted by molar-refractivity contribution is -0.385. The summed E-state index contributed by atoms with van der Waals surface area (Å²) in [5.74, 6) is -1.99. The summed E-state index contributed by atoms with van der Waals surface area (Å²) in [7, 11) is 0. The molecule has 10 heteroatoms. The van der Waals surface area contributed by atoms with Gasteiger partial charge in [-0.3, -0.25) is 20.2 Å². The van der Waals surface area contributed by atoms with E-state index in [4.69, 9.17) is 16.3 Å². The van der Waals surface area contributed by atoms with Crippen LogP contribution in [-0.2, 0) is 9.53 Å². The molecule has 0 fully saturated rings. The Kier molecular flexibility index (Phi) is 6.45. The predicted molar refractivity (Wildman–Crippen MR) is 96.6 cm³/mol. The average Bonchev–Trinajstić information content (AvgIpc) is 2.62. The summed E-state index contributed by atoms with van der Waals surface area (Å²) < 4.78 is 4.90. The first-order chi connectivity index (χ1) is 12.8. The number of halogens is 1. The number of nitrogens with zero attached hydrogens (tertiary/aromatic N) is 1. The molecular formula is C17H14ClN3O6. The van der Waals surface area contributed by atoms with E-state index in [-0.39, 0.29) is 10.6 Å². The van der Waals surface area contributed by atoms with Crippen molar-refractivity contribution in [1.82, 2.24) is 5.32 Å². The molecule has 0 aliphatic carbocycles. The Morgan fingerprint density at radius 3 is 2.44 bits per heavy atom. The number of imide groups is 1. The van der Waals surface area contributed by atoms with Crippen LogP contribution in [0.25, 0.3) is 0 Å². The van der Waals surface area contributed by atoms with Gasteiger partial charge in [-0.25, -0.2) is 9.59 Å². The first kappa shape index (κ1) is 19.9. The van der Waals surface area contributed by atoms with Crippen molar-refractivity contribution in [3.63, 3.8) is 0 Å². The van der Waals surface area contributed by atoms with Gasteiger partial charge in [0.1, 0.15) is 5.56 Å². The Labute approximate surface area is 158 Å². The van der Waals surface area contributed by atoms with Gasteiger partial charge >= 0.3 is 12.0 Å². The fourth-order valence-electron chi connectivity index (χ4n) is 2.00. The second kappa shape index (κ2) is 8.77. The van der Waals surface area contributed by atoms with Gasteiger partial charge in [0.05, 0.1) is 4.92 Å². The fourth-order valence-corrected chi connectivity index (χ4v) is 2.17. The molecule has 0 radical (unpaired) electrons. The Hall–Kier alpha value is -3.46. The molecule has 9 nitrogen and oxygen atoms in total. The van der Waals surface area contributed by atoms with Gasteiger partial charge < -0.3 is 10.1 Å². The standard InChI is InChI=1S/C17H14ClN3O6/c1-10(15(22)20-17(24)19-12-5-3-2-4-6-12)27-16(23)13-8-7-11(18)9-14(13)21(25)26/h2-10H,1H3,(H2,19,20,22,24)/t10-/m0/s1. The molecular weight excluding hydrogens is 378 g/mol. The number of nitro benzene ring substituents is 1. The maximum Gasteiger partial charge on any atom is 0.345 e. The summed E-state index contributed by atoms with van der Waals surface area (Å²) in [5, 5.41) is 15.5. The molecule has 0 aromatic heterocycles. The number of carbonyl (C=O) groups excluding carboxylic acids is 3. The largest absolute Gasteiger partial charge is 0.449 e.